The second-order valence-electron chi connectivity index (χ2n) is 3.14. The fourth-order valence-corrected chi connectivity index (χ4v) is 1.55. The van der Waals surface area contributed by atoms with Gasteiger partial charge in [-0.05, 0) is 12.5 Å². The molecule has 0 bridgehead atoms. The van der Waals surface area contributed by atoms with Crippen molar-refractivity contribution in [2.45, 2.75) is 6.42 Å². The Kier molecular flexibility index (Phi) is 2.17. The molecule has 2 N–H and O–H groups in total. The molecule has 0 amide bonds. The summed E-state index contributed by atoms with van der Waals surface area (Å²) in [5.74, 6) is 0. The average Bonchev–Trinajstić information content (AvgIpc) is 2.20. The number of aromatic nitrogens is 1. The molecule has 0 spiro atoms. The molecule has 68 valence electrons. The van der Waals surface area contributed by atoms with Crippen LogP contribution in [0.5, 0.6) is 0 Å². The second kappa shape index (κ2) is 3.47. The highest BCUT2D eigenvalue weighted by Gasteiger charge is 2.09. The number of anilines is 2. The summed E-state index contributed by atoms with van der Waals surface area (Å²) in [6.07, 6.45) is 8.96. The molecule has 2 rings (SSSR count). The summed E-state index contributed by atoms with van der Waals surface area (Å²) in [5, 5.41) is 0. The zero-order valence-electron chi connectivity index (χ0n) is 7.48. The average molecular weight is 175 g/mol. The first-order valence-electron chi connectivity index (χ1n) is 4.47. The Bertz CT molecular complexity index is 320. The summed E-state index contributed by atoms with van der Waals surface area (Å²) in [7, 11) is 0. The van der Waals surface area contributed by atoms with Crippen molar-refractivity contribution in [1.82, 2.24) is 4.98 Å². The highest BCUT2D eigenvalue weighted by Crippen LogP contribution is 2.22. The molecule has 0 radical (unpaired) electrons. The van der Waals surface area contributed by atoms with Gasteiger partial charge in [-0.15, -0.1) is 0 Å². The Hall–Kier alpha value is -1.51. The van der Waals surface area contributed by atoms with Crippen molar-refractivity contribution in [3.05, 3.63) is 30.6 Å². The van der Waals surface area contributed by atoms with Crippen molar-refractivity contribution < 1.29 is 0 Å². The molecule has 13 heavy (non-hydrogen) atoms. The van der Waals surface area contributed by atoms with Gasteiger partial charge >= 0.3 is 0 Å². The van der Waals surface area contributed by atoms with Crippen LogP contribution >= 0.6 is 0 Å². The van der Waals surface area contributed by atoms with Crippen LogP contribution < -0.4 is 10.6 Å². The van der Waals surface area contributed by atoms with Gasteiger partial charge in [0.05, 0.1) is 17.6 Å². The predicted molar refractivity (Wildman–Crippen MR) is 54.6 cm³/mol. The van der Waals surface area contributed by atoms with Crippen LogP contribution in [0.4, 0.5) is 11.4 Å². The minimum absolute atomic E-state index is 0.762. The molecule has 0 unspecified atom stereocenters. The van der Waals surface area contributed by atoms with E-state index in [1.54, 1.807) is 12.4 Å². The van der Waals surface area contributed by atoms with Crippen LogP contribution in [-0.2, 0) is 0 Å². The molecule has 0 saturated carbocycles. The number of nitrogen functional groups attached to an aromatic ring is 1. The first kappa shape index (κ1) is 8.10. The van der Waals surface area contributed by atoms with E-state index in [4.69, 9.17) is 5.73 Å². The van der Waals surface area contributed by atoms with E-state index in [1.165, 1.54) is 0 Å². The van der Waals surface area contributed by atoms with E-state index in [0.717, 1.165) is 30.9 Å². The first-order valence-corrected chi connectivity index (χ1v) is 4.47. The molecule has 0 atom stereocenters. The van der Waals surface area contributed by atoms with E-state index in [-0.39, 0.29) is 0 Å². The van der Waals surface area contributed by atoms with Crippen molar-refractivity contribution >= 4 is 11.4 Å². The van der Waals surface area contributed by atoms with Gasteiger partial charge in [-0.2, -0.15) is 0 Å². The molecule has 1 aliphatic heterocycles. The molecule has 0 fully saturated rings. The van der Waals surface area contributed by atoms with Gasteiger partial charge in [0.25, 0.3) is 0 Å². The van der Waals surface area contributed by atoms with Crippen LogP contribution in [-0.4, -0.2) is 18.1 Å². The quantitative estimate of drug-likeness (QED) is 0.656. The SMILES string of the molecule is Nc1cnccc1N1CC=CCC1. The lowest BCUT2D eigenvalue weighted by Crippen LogP contribution is -2.27. The normalized spacial score (nSPS) is 16.2. The van der Waals surface area contributed by atoms with Gasteiger partial charge in [-0.1, -0.05) is 12.2 Å². The van der Waals surface area contributed by atoms with Gasteiger partial charge < -0.3 is 10.6 Å². The summed E-state index contributed by atoms with van der Waals surface area (Å²) in [6.45, 7) is 2.00. The van der Waals surface area contributed by atoms with Crippen molar-refractivity contribution in [2.24, 2.45) is 0 Å². The zero-order chi connectivity index (χ0) is 9.10. The third-order valence-electron chi connectivity index (χ3n) is 2.23. The maximum absolute atomic E-state index is 5.82. The topological polar surface area (TPSA) is 42.1 Å². The first-order chi connectivity index (χ1) is 6.38. The van der Waals surface area contributed by atoms with Crippen molar-refractivity contribution in [3.8, 4) is 0 Å². The lowest BCUT2D eigenvalue weighted by Gasteiger charge is -2.26. The van der Waals surface area contributed by atoms with Crippen LogP contribution in [0.15, 0.2) is 30.6 Å². The van der Waals surface area contributed by atoms with Gasteiger partial charge in [-0.3, -0.25) is 4.98 Å². The van der Waals surface area contributed by atoms with E-state index < -0.39 is 0 Å². The molecule has 3 nitrogen and oxygen atoms in total. The monoisotopic (exact) mass is 175 g/mol. The van der Waals surface area contributed by atoms with Crippen LogP contribution in [0.2, 0.25) is 0 Å². The predicted octanol–water partition coefficient (Wildman–Crippen LogP) is 1.43. The Morgan fingerprint density at radius 1 is 1.38 bits per heavy atom. The number of hydrogen-bond acceptors (Lipinski definition) is 3. The van der Waals surface area contributed by atoms with Crippen LogP contribution in [0, 0.1) is 0 Å². The van der Waals surface area contributed by atoms with E-state index >= 15 is 0 Å². The van der Waals surface area contributed by atoms with Crippen LogP contribution in [0.3, 0.4) is 0 Å². The lowest BCUT2D eigenvalue weighted by molar-refractivity contribution is 0.821. The van der Waals surface area contributed by atoms with Crippen LogP contribution in [0.1, 0.15) is 6.42 Å². The minimum atomic E-state index is 0.762. The van der Waals surface area contributed by atoms with Crippen LogP contribution in [0.25, 0.3) is 0 Å². The Morgan fingerprint density at radius 2 is 2.31 bits per heavy atom. The molecule has 0 aliphatic carbocycles. The Morgan fingerprint density at radius 3 is 3.00 bits per heavy atom. The second-order valence-corrected chi connectivity index (χ2v) is 3.14. The maximum Gasteiger partial charge on any atom is 0.0738 e. The Balaban J connectivity index is 2.24. The molecule has 0 aromatic carbocycles. The third kappa shape index (κ3) is 1.64. The summed E-state index contributed by atoms with van der Waals surface area (Å²) >= 11 is 0. The number of hydrogen-bond donors (Lipinski definition) is 1. The van der Waals surface area contributed by atoms with E-state index in [0.29, 0.717) is 0 Å². The number of nitrogens with two attached hydrogens (primary N) is 1. The highest BCUT2D eigenvalue weighted by atomic mass is 15.1. The maximum atomic E-state index is 5.82. The number of nitrogens with zero attached hydrogens (tertiary/aromatic N) is 2. The molecule has 0 saturated heterocycles. The summed E-state index contributed by atoms with van der Waals surface area (Å²) in [6, 6.07) is 1.97. The standard InChI is InChI=1S/C10H13N3/c11-9-8-12-5-4-10(9)13-6-2-1-3-7-13/h1-2,4-5,8H,3,6-7,11H2. The van der Waals surface area contributed by atoms with Gasteiger partial charge in [0.15, 0.2) is 0 Å². The Labute approximate surface area is 77.9 Å². The van der Waals surface area contributed by atoms with Gasteiger partial charge in [0, 0.05) is 19.3 Å². The summed E-state index contributed by atoms with van der Waals surface area (Å²) < 4.78 is 0. The lowest BCUT2D eigenvalue weighted by atomic mass is 10.2. The van der Waals surface area contributed by atoms with Crippen molar-refractivity contribution in [1.29, 1.82) is 0 Å². The zero-order valence-corrected chi connectivity index (χ0v) is 7.48. The van der Waals surface area contributed by atoms with Crippen molar-refractivity contribution in [3.63, 3.8) is 0 Å². The largest absolute Gasteiger partial charge is 0.396 e. The third-order valence-corrected chi connectivity index (χ3v) is 2.23. The minimum Gasteiger partial charge on any atom is -0.396 e. The van der Waals surface area contributed by atoms with Gasteiger partial charge in [0.2, 0.25) is 0 Å². The van der Waals surface area contributed by atoms with E-state index in [2.05, 4.69) is 22.0 Å². The highest BCUT2D eigenvalue weighted by molar-refractivity contribution is 5.66. The van der Waals surface area contributed by atoms with Gasteiger partial charge in [0.1, 0.15) is 0 Å². The fraction of sp³-hybridized carbons (Fsp3) is 0.300. The number of pyridine rings is 1. The molecule has 3 heteroatoms. The van der Waals surface area contributed by atoms with E-state index in [9.17, 15) is 0 Å². The number of rotatable bonds is 1. The van der Waals surface area contributed by atoms with E-state index in [1.807, 2.05) is 6.07 Å². The molecular formula is C10H13N3. The summed E-state index contributed by atoms with van der Waals surface area (Å²) in [5.41, 5.74) is 7.68. The molecule has 1 aliphatic rings. The smallest absolute Gasteiger partial charge is 0.0738 e. The summed E-state index contributed by atoms with van der Waals surface area (Å²) in [4.78, 5) is 6.23. The van der Waals surface area contributed by atoms with Crippen molar-refractivity contribution in [2.75, 3.05) is 23.7 Å². The fourth-order valence-electron chi connectivity index (χ4n) is 1.55. The van der Waals surface area contributed by atoms with Gasteiger partial charge in [-0.25, -0.2) is 0 Å². The molecule has 2 heterocycles. The molecule has 1 aromatic rings. The molecular weight excluding hydrogens is 162 g/mol. The molecule has 1 aromatic heterocycles.